The van der Waals surface area contributed by atoms with Crippen molar-refractivity contribution in [2.75, 3.05) is 0 Å². The van der Waals surface area contributed by atoms with E-state index < -0.39 is 11.4 Å². The van der Waals surface area contributed by atoms with E-state index >= 15 is 0 Å². The third-order valence-corrected chi connectivity index (χ3v) is 4.40. The molecule has 0 bridgehead atoms. The lowest BCUT2D eigenvalue weighted by Gasteiger charge is -2.43. The number of carbonyl (C=O) groups excluding carboxylic acids is 1. The van der Waals surface area contributed by atoms with E-state index in [1.165, 1.54) is 0 Å². The molecule has 0 radical (unpaired) electrons. The Kier molecular flexibility index (Phi) is 1.97. The fourth-order valence-corrected chi connectivity index (χ4v) is 3.24. The summed E-state index contributed by atoms with van der Waals surface area (Å²) >= 11 is 0. The number of Topliss-reactive ketones (excluding diaryl/α,β-unsaturated/α-hetero) is 1. The van der Waals surface area contributed by atoms with Gasteiger partial charge in [-0.15, -0.1) is 0 Å². The van der Waals surface area contributed by atoms with Crippen LogP contribution in [0.15, 0.2) is 30.3 Å². The Bertz CT molecular complexity index is 477. The van der Waals surface area contributed by atoms with Gasteiger partial charge in [0.05, 0.1) is 5.41 Å². The molecule has 0 aromatic heterocycles. The van der Waals surface area contributed by atoms with Gasteiger partial charge >= 0.3 is 5.97 Å². The van der Waals surface area contributed by atoms with Gasteiger partial charge in [-0.05, 0) is 18.4 Å². The Morgan fingerprint density at radius 3 is 2.12 bits per heavy atom. The average molecular weight is 230 g/mol. The number of ketones is 1. The highest BCUT2D eigenvalue weighted by Crippen LogP contribution is 2.66. The smallest absolute Gasteiger partial charge is 0.311 e. The molecule has 0 spiro atoms. The van der Waals surface area contributed by atoms with Crippen LogP contribution in [0, 0.1) is 5.41 Å². The second kappa shape index (κ2) is 3.19. The molecule has 3 rings (SSSR count). The molecule has 2 aliphatic carbocycles. The van der Waals surface area contributed by atoms with E-state index in [1.807, 2.05) is 30.3 Å². The maximum Gasteiger partial charge on any atom is 0.311 e. The Morgan fingerprint density at radius 2 is 1.71 bits per heavy atom. The first-order valence-electron chi connectivity index (χ1n) is 5.91. The van der Waals surface area contributed by atoms with Crippen molar-refractivity contribution in [2.24, 2.45) is 5.41 Å². The minimum absolute atomic E-state index is 0.0783. The summed E-state index contributed by atoms with van der Waals surface area (Å²) in [5.74, 6) is -0.729. The molecule has 0 aliphatic heterocycles. The monoisotopic (exact) mass is 230 g/mol. The van der Waals surface area contributed by atoms with Gasteiger partial charge in [0.2, 0.25) is 0 Å². The summed E-state index contributed by atoms with van der Waals surface area (Å²) < 4.78 is 0. The molecule has 1 aromatic rings. The Morgan fingerprint density at radius 1 is 1.12 bits per heavy atom. The summed E-state index contributed by atoms with van der Waals surface area (Å²) in [6.07, 6.45) is 2.18. The van der Waals surface area contributed by atoms with Crippen molar-refractivity contribution in [1.29, 1.82) is 0 Å². The SMILES string of the molecule is O=C1CC(C(=O)O)(C2(c3ccccc3)CC2)C1. The van der Waals surface area contributed by atoms with Gasteiger partial charge in [-0.3, -0.25) is 9.59 Å². The predicted molar refractivity (Wildman–Crippen MR) is 61.7 cm³/mol. The van der Waals surface area contributed by atoms with Crippen molar-refractivity contribution in [3.05, 3.63) is 35.9 Å². The fraction of sp³-hybridized carbons (Fsp3) is 0.429. The Hall–Kier alpha value is -1.64. The van der Waals surface area contributed by atoms with Crippen LogP contribution in [-0.2, 0) is 15.0 Å². The highest BCUT2D eigenvalue weighted by Gasteiger charge is 2.69. The molecule has 0 amide bonds. The minimum Gasteiger partial charge on any atom is -0.481 e. The number of carbonyl (C=O) groups is 2. The van der Waals surface area contributed by atoms with E-state index in [0.29, 0.717) is 0 Å². The minimum atomic E-state index is -0.828. The lowest BCUT2D eigenvalue weighted by Crippen LogP contribution is -2.52. The second-order valence-electron chi connectivity index (χ2n) is 5.23. The van der Waals surface area contributed by atoms with Gasteiger partial charge in [0.1, 0.15) is 5.78 Å². The molecule has 2 fully saturated rings. The maximum atomic E-state index is 11.6. The van der Waals surface area contributed by atoms with Crippen molar-refractivity contribution >= 4 is 11.8 Å². The second-order valence-corrected chi connectivity index (χ2v) is 5.23. The van der Waals surface area contributed by atoms with E-state index in [0.717, 1.165) is 18.4 Å². The standard InChI is InChI=1S/C14H14O3/c15-11-8-14(9-11,12(16)17)13(6-7-13)10-4-2-1-3-5-10/h1-5H,6-9H2,(H,16,17). The summed E-state index contributed by atoms with van der Waals surface area (Å²) in [7, 11) is 0. The molecule has 0 heterocycles. The van der Waals surface area contributed by atoms with E-state index in [4.69, 9.17) is 0 Å². The highest BCUT2D eigenvalue weighted by molar-refractivity contribution is 5.99. The molecule has 2 saturated carbocycles. The molecule has 3 heteroatoms. The number of hydrogen-bond donors (Lipinski definition) is 1. The van der Waals surface area contributed by atoms with Gasteiger partial charge in [-0.1, -0.05) is 30.3 Å². The number of benzene rings is 1. The third-order valence-electron chi connectivity index (χ3n) is 4.40. The van der Waals surface area contributed by atoms with Crippen molar-refractivity contribution in [3.8, 4) is 0 Å². The van der Waals surface area contributed by atoms with Crippen LogP contribution in [0.25, 0.3) is 0 Å². The van der Waals surface area contributed by atoms with Crippen molar-refractivity contribution < 1.29 is 14.7 Å². The molecule has 0 saturated heterocycles. The molecule has 3 nitrogen and oxygen atoms in total. The summed E-state index contributed by atoms with van der Waals surface area (Å²) in [4.78, 5) is 22.8. The topological polar surface area (TPSA) is 54.4 Å². The largest absolute Gasteiger partial charge is 0.481 e. The normalized spacial score (nSPS) is 23.9. The summed E-state index contributed by atoms with van der Waals surface area (Å²) in [5, 5.41) is 9.49. The van der Waals surface area contributed by atoms with Crippen LogP contribution in [0.3, 0.4) is 0 Å². The lowest BCUT2D eigenvalue weighted by atomic mass is 9.56. The van der Waals surface area contributed by atoms with E-state index in [9.17, 15) is 14.7 Å². The van der Waals surface area contributed by atoms with Crippen LogP contribution in [0.5, 0.6) is 0 Å². The summed E-state index contributed by atoms with van der Waals surface area (Å²) in [5.41, 5.74) is -0.0331. The number of carboxylic acids is 1. The van der Waals surface area contributed by atoms with Crippen LogP contribution in [-0.4, -0.2) is 16.9 Å². The first-order valence-corrected chi connectivity index (χ1v) is 5.91. The number of rotatable bonds is 3. The fourth-order valence-electron chi connectivity index (χ4n) is 3.24. The van der Waals surface area contributed by atoms with Gasteiger partial charge in [0.15, 0.2) is 0 Å². The first kappa shape index (κ1) is 10.5. The van der Waals surface area contributed by atoms with Gasteiger partial charge in [0, 0.05) is 18.3 Å². The molecule has 88 valence electrons. The molecule has 17 heavy (non-hydrogen) atoms. The molecule has 1 N–H and O–H groups in total. The van der Waals surface area contributed by atoms with Gasteiger partial charge in [0.25, 0.3) is 0 Å². The predicted octanol–water partition coefficient (Wildman–Crippen LogP) is 2.15. The molecule has 2 aliphatic rings. The first-order chi connectivity index (χ1) is 8.11. The Labute approximate surface area is 99.5 Å². The summed E-state index contributed by atoms with van der Waals surface area (Å²) in [6, 6.07) is 9.77. The van der Waals surface area contributed by atoms with Crippen LogP contribution >= 0.6 is 0 Å². The van der Waals surface area contributed by atoms with Crippen molar-refractivity contribution in [2.45, 2.75) is 31.1 Å². The van der Waals surface area contributed by atoms with E-state index in [-0.39, 0.29) is 24.0 Å². The molecular formula is C14H14O3. The van der Waals surface area contributed by atoms with Crippen LogP contribution in [0.4, 0.5) is 0 Å². The number of carboxylic acid groups (broad SMARTS) is 1. The molecule has 0 unspecified atom stereocenters. The van der Waals surface area contributed by atoms with E-state index in [2.05, 4.69) is 0 Å². The lowest BCUT2D eigenvalue weighted by molar-refractivity contribution is -0.164. The number of aliphatic carboxylic acids is 1. The maximum absolute atomic E-state index is 11.6. The van der Waals surface area contributed by atoms with Crippen LogP contribution in [0.2, 0.25) is 0 Å². The van der Waals surface area contributed by atoms with Crippen molar-refractivity contribution in [1.82, 2.24) is 0 Å². The average Bonchev–Trinajstić information content (AvgIpc) is 3.07. The quantitative estimate of drug-likeness (QED) is 0.865. The Balaban J connectivity index is 2.03. The number of hydrogen-bond acceptors (Lipinski definition) is 2. The molecular weight excluding hydrogens is 216 g/mol. The van der Waals surface area contributed by atoms with Gasteiger partial charge in [-0.2, -0.15) is 0 Å². The van der Waals surface area contributed by atoms with Gasteiger partial charge < -0.3 is 5.11 Å². The van der Waals surface area contributed by atoms with Crippen LogP contribution < -0.4 is 0 Å². The molecule has 1 aromatic carbocycles. The highest BCUT2D eigenvalue weighted by atomic mass is 16.4. The summed E-state index contributed by atoms with van der Waals surface area (Å²) in [6.45, 7) is 0. The van der Waals surface area contributed by atoms with Crippen molar-refractivity contribution in [3.63, 3.8) is 0 Å². The molecule has 0 atom stereocenters. The van der Waals surface area contributed by atoms with Crippen LogP contribution in [0.1, 0.15) is 31.2 Å². The zero-order chi connectivity index (χ0) is 12.1. The van der Waals surface area contributed by atoms with E-state index in [1.54, 1.807) is 0 Å². The van der Waals surface area contributed by atoms with Gasteiger partial charge in [-0.25, -0.2) is 0 Å². The zero-order valence-corrected chi connectivity index (χ0v) is 9.48. The zero-order valence-electron chi connectivity index (χ0n) is 9.48. The third kappa shape index (κ3) is 1.22.